The van der Waals surface area contributed by atoms with Crippen LogP contribution < -0.4 is 0 Å². The van der Waals surface area contributed by atoms with Crippen molar-refractivity contribution < 1.29 is 0 Å². The van der Waals surface area contributed by atoms with Crippen molar-refractivity contribution in [3.05, 3.63) is 47.5 Å². The summed E-state index contributed by atoms with van der Waals surface area (Å²) in [7, 11) is 0. The second-order valence-electron chi connectivity index (χ2n) is 5.64. The minimum atomic E-state index is 0.759. The molecule has 0 aliphatic heterocycles. The number of rotatable bonds is 1. The Kier molecular flexibility index (Phi) is 2.66. The summed E-state index contributed by atoms with van der Waals surface area (Å²) in [4.78, 5) is 0. The standard InChI is InChI=1S/C17H20/c1-12(2)16-9-5-8-15-10-13-6-3-4-7-14(13)11-17(15)16/h3-4,6-7,10-12,16H,5,8-9H2,1-2H3. The molecule has 0 spiro atoms. The molecule has 1 aliphatic rings. The molecule has 0 heteroatoms. The summed E-state index contributed by atoms with van der Waals surface area (Å²) >= 11 is 0. The molecule has 0 bridgehead atoms. The molecular formula is C17H20. The molecule has 17 heavy (non-hydrogen) atoms. The molecule has 0 aromatic heterocycles. The first-order chi connectivity index (χ1) is 8.25. The van der Waals surface area contributed by atoms with Crippen LogP contribution in [0.25, 0.3) is 10.8 Å². The largest absolute Gasteiger partial charge is 0.0622 e. The lowest BCUT2D eigenvalue weighted by atomic mass is 9.76. The first kappa shape index (κ1) is 10.8. The first-order valence-corrected chi connectivity index (χ1v) is 6.77. The summed E-state index contributed by atoms with van der Waals surface area (Å²) in [6.45, 7) is 4.71. The maximum Gasteiger partial charge on any atom is -0.0136 e. The molecule has 0 amide bonds. The molecule has 0 heterocycles. The summed E-state index contributed by atoms with van der Waals surface area (Å²) in [5.74, 6) is 1.53. The molecule has 0 saturated carbocycles. The Bertz CT molecular complexity index is 537. The molecule has 2 aromatic carbocycles. The van der Waals surface area contributed by atoms with Gasteiger partial charge in [0.05, 0.1) is 0 Å². The predicted octanol–water partition coefficient (Wildman–Crippen LogP) is 4.92. The van der Waals surface area contributed by atoms with Crippen LogP contribution in [0.4, 0.5) is 0 Å². The Balaban J connectivity index is 2.19. The van der Waals surface area contributed by atoms with E-state index in [0.29, 0.717) is 0 Å². The normalized spacial score (nSPS) is 19.6. The van der Waals surface area contributed by atoms with Gasteiger partial charge < -0.3 is 0 Å². The lowest BCUT2D eigenvalue weighted by Crippen LogP contribution is -2.14. The summed E-state index contributed by atoms with van der Waals surface area (Å²) in [5.41, 5.74) is 3.21. The highest BCUT2D eigenvalue weighted by atomic mass is 14.3. The zero-order chi connectivity index (χ0) is 11.8. The van der Waals surface area contributed by atoms with Crippen molar-refractivity contribution in [1.29, 1.82) is 0 Å². The van der Waals surface area contributed by atoms with Crippen LogP contribution in [-0.2, 0) is 6.42 Å². The number of aryl methyl sites for hydroxylation is 1. The van der Waals surface area contributed by atoms with E-state index in [1.165, 1.54) is 30.0 Å². The quantitative estimate of drug-likeness (QED) is 0.645. The molecule has 2 aromatic rings. The van der Waals surface area contributed by atoms with Crippen LogP contribution in [0.3, 0.4) is 0 Å². The average molecular weight is 224 g/mol. The van der Waals surface area contributed by atoms with Gasteiger partial charge in [0.25, 0.3) is 0 Å². The Hall–Kier alpha value is -1.30. The Morgan fingerprint density at radius 2 is 1.76 bits per heavy atom. The molecule has 1 unspecified atom stereocenters. The molecule has 0 fully saturated rings. The molecule has 0 saturated heterocycles. The lowest BCUT2D eigenvalue weighted by Gasteiger charge is -2.29. The van der Waals surface area contributed by atoms with E-state index in [4.69, 9.17) is 0 Å². The first-order valence-electron chi connectivity index (χ1n) is 6.77. The number of hydrogen-bond donors (Lipinski definition) is 0. The molecule has 1 aliphatic carbocycles. The van der Waals surface area contributed by atoms with E-state index in [1.807, 2.05) is 0 Å². The van der Waals surface area contributed by atoms with E-state index in [1.54, 1.807) is 11.1 Å². The van der Waals surface area contributed by atoms with E-state index >= 15 is 0 Å². The van der Waals surface area contributed by atoms with E-state index < -0.39 is 0 Å². The van der Waals surface area contributed by atoms with E-state index in [0.717, 1.165) is 11.8 Å². The Labute approximate surface area is 104 Å². The van der Waals surface area contributed by atoms with Gasteiger partial charge in [-0.3, -0.25) is 0 Å². The predicted molar refractivity (Wildman–Crippen MR) is 74.5 cm³/mol. The third-order valence-electron chi connectivity index (χ3n) is 4.17. The van der Waals surface area contributed by atoms with Crippen molar-refractivity contribution in [3.63, 3.8) is 0 Å². The van der Waals surface area contributed by atoms with E-state index in [9.17, 15) is 0 Å². The van der Waals surface area contributed by atoms with Crippen LogP contribution >= 0.6 is 0 Å². The van der Waals surface area contributed by atoms with Crippen molar-refractivity contribution in [1.82, 2.24) is 0 Å². The maximum absolute atomic E-state index is 2.44. The third kappa shape index (κ3) is 1.86. The third-order valence-corrected chi connectivity index (χ3v) is 4.17. The lowest BCUT2D eigenvalue weighted by molar-refractivity contribution is 0.434. The smallest absolute Gasteiger partial charge is 0.0136 e. The highest BCUT2D eigenvalue weighted by molar-refractivity contribution is 5.84. The molecule has 0 nitrogen and oxygen atoms in total. The molecule has 3 rings (SSSR count). The van der Waals surface area contributed by atoms with Crippen LogP contribution in [0.1, 0.15) is 43.7 Å². The van der Waals surface area contributed by atoms with E-state index in [2.05, 4.69) is 50.2 Å². The number of benzene rings is 2. The molecule has 88 valence electrons. The van der Waals surface area contributed by atoms with Gasteiger partial charge in [-0.15, -0.1) is 0 Å². The fourth-order valence-electron chi connectivity index (χ4n) is 3.23. The van der Waals surface area contributed by atoms with Crippen LogP contribution in [0.5, 0.6) is 0 Å². The second-order valence-corrected chi connectivity index (χ2v) is 5.64. The van der Waals surface area contributed by atoms with Crippen molar-refractivity contribution in [2.75, 3.05) is 0 Å². The van der Waals surface area contributed by atoms with Crippen molar-refractivity contribution >= 4 is 10.8 Å². The van der Waals surface area contributed by atoms with Gasteiger partial charge in [0.1, 0.15) is 0 Å². The number of hydrogen-bond acceptors (Lipinski definition) is 0. The van der Waals surface area contributed by atoms with Gasteiger partial charge >= 0.3 is 0 Å². The summed E-state index contributed by atoms with van der Waals surface area (Å²) in [6.07, 6.45) is 3.99. The van der Waals surface area contributed by atoms with Crippen LogP contribution in [0, 0.1) is 5.92 Å². The number of fused-ring (bicyclic) bond motifs is 2. The maximum atomic E-state index is 2.44. The topological polar surface area (TPSA) is 0 Å². The van der Waals surface area contributed by atoms with Crippen molar-refractivity contribution in [3.8, 4) is 0 Å². The zero-order valence-electron chi connectivity index (χ0n) is 10.7. The fraction of sp³-hybridized carbons (Fsp3) is 0.412. The minimum Gasteiger partial charge on any atom is -0.0622 e. The van der Waals surface area contributed by atoms with Crippen molar-refractivity contribution in [2.45, 2.75) is 39.0 Å². The highest BCUT2D eigenvalue weighted by Gasteiger charge is 2.22. The van der Waals surface area contributed by atoms with Crippen molar-refractivity contribution in [2.24, 2.45) is 5.92 Å². The highest BCUT2D eigenvalue weighted by Crippen LogP contribution is 2.38. The molecule has 0 radical (unpaired) electrons. The molecule has 1 atom stereocenters. The van der Waals surface area contributed by atoms with E-state index in [-0.39, 0.29) is 0 Å². The van der Waals surface area contributed by atoms with Gasteiger partial charge in [0.2, 0.25) is 0 Å². The second kappa shape index (κ2) is 4.18. The fourth-order valence-corrected chi connectivity index (χ4v) is 3.23. The van der Waals surface area contributed by atoms with Crippen LogP contribution in [-0.4, -0.2) is 0 Å². The van der Waals surface area contributed by atoms with Gasteiger partial charge in [-0.1, -0.05) is 50.2 Å². The minimum absolute atomic E-state index is 0.759. The van der Waals surface area contributed by atoms with Gasteiger partial charge in [-0.25, -0.2) is 0 Å². The van der Waals surface area contributed by atoms with Gasteiger partial charge in [0.15, 0.2) is 0 Å². The summed E-state index contributed by atoms with van der Waals surface area (Å²) in [5, 5.41) is 2.80. The zero-order valence-corrected chi connectivity index (χ0v) is 10.7. The monoisotopic (exact) mass is 224 g/mol. The van der Waals surface area contributed by atoms with Gasteiger partial charge in [0, 0.05) is 0 Å². The van der Waals surface area contributed by atoms with Gasteiger partial charge in [-0.05, 0) is 53.0 Å². The summed E-state index contributed by atoms with van der Waals surface area (Å²) in [6, 6.07) is 13.6. The molecule has 0 N–H and O–H groups in total. The summed E-state index contributed by atoms with van der Waals surface area (Å²) < 4.78 is 0. The average Bonchev–Trinajstić information content (AvgIpc) is 2.35. The Morgan fingerprint density at radius 3 is 2.47 bits per heavy atom. The van der Waals surface area contributed by atoms with Gasteiger partial charge in [-0.2, -0.15) is 0 Å². The Morgan fingerprint density at radius 1 is 1.06 bits per heavy atom. The molecular weight excluding hydrogens is 204 g/mol. The van der Waals surface area contributed by atoms with Crippen LogP contribution in [0.2, 0.25) is 0 Å². The SMILES string of the molecule is CC(C)C1CCCc2cc3ccccc3cc21. The van der Waals surface area contributed by atoms with Crippen LogP contribution in [0.15, 0.2) is 36.4 Å².